The van der Waals surface area contributed by atoms with Crippen LogP contribution in [0, 0.1) is 0 Å². The van der Waals surface area contributed by atoms with Crippen molar-refractivity contribution in [3.8, 4) is 0 Å². The van der Waals surface area contributed by atoms with Crippen molar-refractivity contribution in [3.05, 3.63) is 69.7 Å². The highest BCUT2D eigenvalue weighted by atomic mass is 35.5. The maximum Gasteiger partial charge on any atom is 0.0674 e. The lowest BCUT2D eigenvalue weighted by molar-refractivity contribution is -0.121. The number of benzene rings is 2. The van der Waals surface area contributed by atoms with Crippen molar-refractivity contribution in [2.45, 2.75) is 51.7 Å². The Bertz CT molecular complexity index is 570. The Kier molecular flexibility index (Phi) is 5.78. The third-order valence-electron chi connectivity index (χ3n) is 3.64. The zero-order valence-electron chi connectivity index (χ0n) is 14.2. The highest BCUT2D eigenvalue weighted by molar-refractivity contribution is 6.30. The van der Waals surface area contributed by atoms with Crippen molar-refractivity contribution in [3.63, 3.8) is 0 Å². The van der Waals surface area contributed by atoms with Crippen LogP contribution >= 0.6 is 23.2 Å². The van der Waals surface area contributed by atoms with Gasteiger partial charge in [0.25, 0.3) is 0 Å². The molecule has 3 heteroatoms. The van der Waals surface area contributed by atoms with Crippen LogP contribution in [0.15, 0.2) is 48.5 Å². The highest BCUT2D eigenvalue weighted by Gasteiger charge is 2.29. The van der Waals surface area contributed by atoms with Gasteiger partial charge >= 0.3 is 0 Å². The van der Waals surface area contributed by atoms with E-state index in [2.05, 4.69) is 52.0 Å². The summed E-state index contributed by atoms with van der Waals surface area (Å²) in [6.07, 6.45) is 1.68. The molecule has 0 unspecified atom stereocenters. The van der Waals surface area contributed by atoms with Gasteiger partial charge in [0.05, 0.1) is 11.2 Å². The van der Waals surface area contributed by atoms with Gasteiger partial charge in [-0.25, -0.2) is 0 Å². The first-order valence-corrected chi connectivity index (χ1v) is 8.60. The predicted octanol–water partition coefficient (Wildman–Crippen LogP) is 6.35. The van der Waals surface area contributed by atoms with Crippen molar-refractivity contribution < 1.29 is 4.74 Å². The molecule has 0 aliphatic carbocycles. The molecule has 0 spiro atoms. The Hall–Kier alpha value is -1.02. The molecule has 0 bridgehead atoms. The van der Waals surface area contributed by atoms with Gasteiger partial charge < -0.3 is 4.74 Å². The minimum Gasteiger partial charge on any atom is -0.369 e. The molecule has 2 aromatic rings. The fourth-order valence-corrected chi connectivity index (χ4v) is 3.26. The summed E-state index contributed by atoms with van der Waals surface area (Å²) in [5.41, 5.74) is 1.93. The van der Waals surface area contributed by atoms with E-state index < -0.39 is 0 Å². The number of ether oxygens (including phenoxy) is 1. The molecular weight excluding hydrogens is 327 g/mol. The molecule has 0 atom stereocenters. The highest BCUT2D eigenvalue weighted by Crippen LogP contribution is 2.27. The summed E-state index contributed by atoms with van der Waals surface area (Å²) in [6.45, 7) is 8.52. The summed E-state index contributed by atoms with van der Waals surface area (Å²) in [5.74, 6) is 0. The van der Waals surface area contributed by atoms with Crippen LogP contribution in [0.25, 0.3) is 0 Å². The maximum atomic E-state index is 6.43. The molecule has 0 aromatic heterocycles. The molecule has 0 radical (unpaired) electrons. The summed E-state index contributed by atoms with van der Waals surface area (Å²) in [7, 11) is 0. The standard InChI is InChI=1S/C20H24Cl2O/c1-19(2,13-15-5-9-17(21)10-6-15)23-20(3,4)14-16-7-11-18(22)12-8-16/h5-12H,13-14H2,1-4H3. The van der Waals surface area contributed by atoms with E-state index in [0.717, 1.165) is 22.9 Å². The Labute approximate surface area is 149 Å². The van der Waals surface area contributed by atoms with E-state index in [1.807, 2.05) is 24.3 Å². The van der Waals surface area contributed by atoms with Crippen LogP contribution in [-0.2, 0) is 17.6 Å². The largest absolute Gasteiger partial charge is 0.369 e. The van der Waals surface area contributed by atoms with Gasteiger partial charge in [0, 0.05) is 22.9 Å². The smallest absolute Gasteiger partial charge is 0.0674 e. The van der Waals surface area contributed by atoms with E-state index in [1.165, 1.54) is 11.1 Å². The van der Waals surface area contributed by atoms with Gasteiger partial charge in [-0.15, -0.1) is 0 Å². The Balaban J connectivity index is 2.02. The van der Waals surface area contributed by atoms with Gasteiger partial charge in [0.2, 0.25) is 0 Å². The summed E-state index contributed by atoms with van der Waals surface area (Å²) in [6, 6.07) is 15.9. The van der Waals surface area contributed by atoms with Crippen molar-refractivity contribution in [2.24, 2.45) is 0 Å². The van der Waals surface area contributed by atoms with Crippen LogP contribution in [-0.4, -0.2) is 11.2 Å². The molecule has 124 valence electrons. The molecule has 0 saturated carbocycles. The second-order valence-electron chi connectivity index (χ2n) is 7.23. The molecule has 1 nitrogen and oxygen atoms in total. The van der Waals surface area contributed by atoms with E-state index in [-0.39, 0.29) is 11.2 Å². The van der Waals surface area contributed by atoms with Crippen LogP contribution < -0.4 is 0 Å². The molecule has 0 heterocycles. The topological polar surface area (TPSA) is 9.23 Å². The predicted molar refractivity (Wildman–Crippen MR) is 99.6 cm³/mol. The number of rotatable bonds is 6. The molecule has 0 aliphatic rings. The van der Waals surface area contributed by atoms with Crippen molar-refractivity contribution in [2.75, 3.05) is 0 Å². The second-order valence-corrected chi connectivity index (χ2v) is 8.10. The number of halogens is 2. The molecule has 0 N–H and O–H groups in total. The van der Waals surface area contributed by atoms with E-state index in [0.29, 0.717) is 0 Å². The van der Waals surface area contributed by atoms with Gasteiger partial charge in [-0.05, 0) is 63.1 Å². The van der Waals surface area contributed by atoms with E-state index >= 15 is 0 Å². The first-order valence-electron chi connectivity index (χ1n) is 7.84. The molecule has 2 aromatic carbocycles. The van der Waals surface area contributed by atoms with E-state index in [9.17, 15) is 0 Å². The van der Waals surface area contributed by atoms with E-state index in [1.54, 1.807) is 0 Å². The van der Waals surface area contributed by atoms with Crippen LogP contribution in [0.2, 0.25) is 10.0 Å². The van der Waals surface area contributed by atoms with Gasteiger partial charge in [-0.2, -0.15) is 0 Å². The first-order chi connectivity index (χ1) is 10.7. The lowest BCUT2D eigenvalue weighted by Crippen LogP contribution is -2.40. The van der Waals surface area contributed by atoms with Gasteiger partial charge in [-0.3, -0.25) is 0 Å². The van der Waals surface area contributed by atoms with Crippen molar-refractivity contribution >= 4 is 23.2 Å². The molecule has 0 fully saturated rings. The molecule has 23 heavy (non-hydrogen) atoms. The third kappa shape index (κ3) is 6.18. The second kappa shape index (κ2) is 7.25. The number of hydrogen-bond donors (Lipinski definition) is 0. The first kappa shape index (κ1) is 18.3. The molecule has 0 aliphatic heterocycles. The molecule has 2 rings (SSSR count). The fourth-order valence-electron chi connectivity index (χ4n) is 3.01. The SMILES string of the molecule is CC(C)(Cc1ccc(Cl)cc1)OC(C)(C)Cc1ccc(Cl)cc1. The van der Waals surface area contributed by atoms with Gasteiger partial charge in [0.1, 0.15) is 0 Å². The Morgan fingerprint density at radius 2 is 0.957 bits per heavy atom. The monoisotopic (exact) mass is 350 g/mol. The molecule has 0 amide bonds. The zero-order chi connectivity index (χ0) is 17.1. The van der Waals surface area contributed by atoms with Crippen LogP contribution in [0.1, 0.15) is 38.8 Å². The van der Waals surface area contributed by atoms with Crippen LogP contribution in [0.3, 0.4) is 0 Å². The Morgan fingerprint density at radius 3 is 1.26 bits per heavy atom. The van der Waals surface area contributed by atoms with Crippen molar-refractivity contribution in [1.82, 2.24) is 0 Å². The quantitative estimate of drug-likeness (QED) is 0.589. The van der Waals surface area contributed by atoms with Gasteiger partial charge in [-0.1, -0.05) is 47.5 Å². The summed E-state index contributed by atoms with van der Waals surface area (Å²) >= 11 is 11.9. The molecular formula is C20H24Cl2O. The zero-order valence-corrected chi connectivity index (χ0v) is 15.7. The van der Waals surface area contributed by atoms with Crippen LogP contribution in [0.5, 0.6) is 0 Å². The normalized spacial score (nSPS) is 12.4. The average Bonchev–Trinajstić information content (AvgIpc) is 2.42. The summed E-state index contributed by atoms with van der Waals surface area (Å²) < 4.78 is 6.43. The van der Waals surface area contributed by atoms with Crippen LogP contribution in [0.4, 0.5) is 0 Å². The molecule has 0 saturated heterocycles. The lowest BCUT2D eigenvalue weighted by atomic mass is 9.94. The average molecular weight is 351 g/mol. The third-order valence-corrected chi connectivity index (χ3v) is 4.14. The minimum absolute atomic E-state index is 0.260. The van der Waals surface area contributed by atoms with Crippen molar-refractivity contribution in [1.29, 1.82) is 0 Å². The minimum atomic E-state index is -0.260. The lowest BCUT2D eigenvalue weighted by Gasteiger charge is -2.36. The van der Waals surface area contributed by atoms with E-state index in [4.69, 9.17) is 27.9 Å². The van der Waals surface area contributed by atoms with Gasteiger partial charge in [0.15, 0.2) is 0 Å². The summed E-state index contributed by atoms with van der Waals surface area (Å²) in [5, 5.41) is 1.52. The summed E-state index contributed by atoms with van der Waals surface area (Å²) in [4.78, 5) is 0. The maximum absolute atomic E-state index is 6.43. The Morgan fingerprint density at radius 1 is 0.652 bits per heavy atom. The fraction of sp³-hybridized carbons (Fsp3) is 0.400. The number of hydrogen-bond acceptors (Lipinski definition) is 1.